The highest BCUT2D eigenvalue weighted by atomic mass is 16.8. The average Bonchev–Trinajstić information content (AvgIpc) is 3.00. The van der Waals surface area contributed by atoms with Crippen LogP contribution in [0.2, 0.25) is 0 Å². The molecule has 0 bridgehead atoms. The molecule has 3 saturated heterocycles. The highest BCUT2D eigenvalue weighted by Gasteiger charge is 2.59. The molecule has 0 unspecified atom stereocenters. The van der Waals surface area contributed by atoms with Crippen LogP contribution >= 0.6 is 0 Å². The third-order valence-corrected chi connectivity index (χ3v) is 8.00. The summed E-state index contributed by atoms with van der Waals surface area (Å²) >= 11 is 0. The molecule has 15 atom stereocenters. The summed E-state index contributed by atoms with van der Waals surface area (Å²) in [6, 6.07) is -1.51. The van der Waals surface area contributed by atoms with E-state index in [-0.39, 0.29) is 19.6 Å². The molecular weight excluding hydrogens is 630 g/mol. The van der Waals surface area contributed by atoms with Crippen molar-refractivity contribution in [3.8, 4) is 0 Å². The fourth-order valence-corrected chi connectivity index (χ4v) is 5.40. The fraction of sp³-hybridized carbons (Fsp3) is 0.885. The Morgan fingerprint density at radius 1 is 1.02 bits per heavy atom. The minimum Gasteiger partial charge on any atom is -0.479 e. The number of aliphatic hydroxyl groups is 8. The van der Waals surface area contributed by atoms with Crippen molar-refractivity contribution < 1.29 is 93.9 Å². The van der Waals surface area contributed by atoms with Crippen LogP contribution in [0.25, 0.3) is 0 Å². The third-order valence-electron chi connectivity index (χ3n) is 8.00. The fourth-order valence-electron chi connectivity index (χ4n) is 5.40. The molecule has 3 heterocycles. The van der Waals surface area contributed by atoms with E-state index >= 15 is 0 Å². The van der Waals surface area contributed by atoms with Gasteiger partial charge in [0.15, 0.2) is 12.4 Å². The molecule has 0 saturated carbocycles. The zero-order valence-corrected chi connectivity index (χ0v) is 25.0. The molecule has 20 heteroatoms. The van der Waals surface area contributed by atoms with Crippen LogP contribution in [0, 0.1) is 0 Å². The molecule has 0 spiro atoms. The summed E-state index contributed by atoms with van der Waals surface area (Å²) in [7, 11) is 0. The number of carbonyl (C=O) groups excluding carboxylic acids is 1. The van der Waals surface area contributed by atoms with Crippen molar-refractivity contribution in [2.45, 2.75) is 118 Å². The highest BCUT2D eigenvalue weighted by Crippen LogP contribution is 2.38. The van der Waals surface area contributed by atoms with Crippen LogP contribution in [-0.2, 0) is 42.8 Å². The Morgan fingerprint density at radius 3 is 2.26 bits per heavy atom. The molecule has 11 N–H and O–H groups in total. The van der Waals surface area contributed by atoms with Gasteiger partial charge in [-0.15, -0.1) is 0 Å². The number of aliphatic carboxylic acids is 2. The lowest BCUT2D eigenvalue weighted by atomic mass is 9.88. The highest BCUT2D eigenvalue weighted by molar-refractivity contribution is 5.76. The van der Waals surface area contributed by atoms with Crippen LogP contribution in [0.15, 0.2) is 0 Å². The maximum Gasteiger partial charge on any atom is 0.364 e. The van der Waals surface area contributed by atoms with E-state index in [1.807, 2.05) is 0 Å². The second kappa shape index (κ2) is 16.3. The monoisotopic (exact) mass is 673 g/mol. The summed E-state index contributed by atoms with van der Waals surface area (Å²) in [6.07, 6.45) is -22.9. The summed E-state index contributed by atoms with van der Waals surface area (Å²) in [5.41, 5.74) is 0. The summed E-state index contributed by atoms with van der Waals surface area (Å²) in [4.78, 5) is 35.4. The number of ether oxygens (including phenoxy) is 6. The summed E-state index contributed by atoms with van der Waals surface area (Å²) in [6.45, 7) is 0.0616. The predicted octanol–water partition coefficient (Wildman–Crippen LogP) is -6.02. The van der Waals surface area contributed by atoms with Gasteiger partial charge in [0.1, 0.15) is 54.9 Å². The van der Waals surface area contributed by atoms with Crippen molar-refractivity contribution >= 4 is 17.8 Å². The maximum atomic E-state index is 12.6. The first-order valence-corrected chi connectivity index (χ1v) is 14.5. The lowest BCUT2D eigenvalue weighted by Gasteiger charge is -2.50. The van der Waals surface area contributed by atoms with Gasteiger partial charge >= 0.3 is 11.9 Å². The molecule has 46 heavy (non-hydrogen) atoms. The van der Waals surface area contributed by atoms with E-state index < -0.39 is 129 Å². The first-order valence-electron chi connectivity index (χ1n) is 14.5. The molecule has 3 rings (SSSR count). The SMILES string of the molecule is CC(=O)N[C@H]1[C@H]([C@@H](O)[C@H](O)CO)O[C@@](O[C@H]2[C@@H](O)[C@@H](CO)O[C@@H](O[C@@H]3CCO[C@H](CO[C@H](C)C(=O)O)[C@@H]3O)[C@@H]2O)(C(=O)O)C[C@@H]1O. The molecule has 1 amide bonds. The van der Waals surface area contributed by atoms with Crippen molar-refractivity contribution in [3.05, 3.63) is 0 Å². The van der Waals surface area contributed by atoms with Crippen molar-refractivity contribution in [1.29, 1.82) is 0 Å². The van der Waals surface area contributed by atoms with Gasteiger partial charge < -0.3 is 84.8 Å². The van der Waals surface area contributed by atoms with Crippen molar-refractivity contribution in [2.24, 2.45) is 0 Å². The first-order chi connectivity index (χ1) is 21.6. The Labute approximate surface area is 262 Å². The van der Waals surface area contributed by atoms with Crippen molar-refractivity contribution in [1.82, 2.24) is 5.32 Å². The minimum atomic E-state index is -2.97. The first kappa shape index (κ1) is 38.3. The molecule has 0 aromatic rings. The Hall–Kier alpha value is -2.15. The zero-order chi connectivity index (χ0) is 34.5. The second-order valence-electron chi connectivity index (χ2n) is 11.3. The molecular formula is C26H43NO19. The number of amides is 1. The molecule has 0 radical (unpaired) electrons. The largest absolute Gasteiger partial charge is 0.479 e. The van der Waals surface area contributed by atoms with Crippen molar-refractivity contribution in [3.63, 3.8) is 0 Å². The van der Waals surface area contributed by atoms with Crippen LogP contribution in [0.4, 0.5) is 0 Å². The maximum absolute atomic E-state index is 12.6. The molecule has 0 aliphatic carbocycles. The van der Waals surface area contributed by atoms with Gasteiger partial charge in [0.05, 0.1) is 38.1 Å². The van der Waals surface area contributed by atoms with Gasteiger partial charge in [0.25, 0.3) is 5.79 Å². The number of nitrogens with one attached hydrogen (secondary N) is 1. The topological polar surface area (TPSA) is 321 Å². The molecule has 20 nitrogen and oxygen atoms in total. The average molecular weight is 674 g/mol. The quantitative estimate of drug-likeness (QED) is 0.0817. The van der Waals surface area contributed by atoms with E-state index in [4.69, 9.17) is 33.5 Å². The number of carbonyl (C=O) groups is 3. The summed E-state index contributed by atoms with van der Waals surface area (Å²) in [5.74, 6) is -6.87. The van der Waals surface area contributed by atoms with Gasteiger partial charge in [-0.05, 0) is 13.3 Å². The molecule has 266 valence electrons. The molecule has 3 fully saturated rings. The molecule has 3 aliphatic rings. The Balaban J connectivity index is 1.86. The van der Waals surface area contributed by atoms with Gasteiger partial charge in [-0.25, -0.2) is 9.59 Å². The lowest BCUT2D eigenvalue weighted by Crippen LogP contribution is -2.70. The van der Waals surface area contributed by atoms with Crippen LogP contribution in [0.5, 0.6) is 0 Å². The minimum absolute atomic E-state index is 0.00126. The van der Waals surface area contributed by atoms with E-state index in [1.165, 1.54) is 6.92 Å². The van der Waals surface area contributed by atoms with Crippen LogP contribution < -0.4 is 5.32 Å². The zero-order valence-electron chi connectivity index (χ0n) is 25.0. The number of hydrogen-bond donors (Lipinski definition) is 11. The van der Waals surface area contributed by atoms with E-state index in [0.29, 0.717) is 0 Å². The lowest BCUT2D eigenvalue weighted by molar-refractivity contribution is -0.376. The Morgan fingerprint density at radius 2 is 1.70 bits per heavy atom. The Bertz CT molecular complexity index is 1040. The number of carboxylic acid groups (broad SMARTS) is 2. The Kier molecular flexibility index (Phi) is 13.6. The number of rotatable bonds is 14. The van der Waals surface area contributed by atoms with Crippen LogP contribution in [0.3, 0.4) is 0 Å². The van der Waals surface area contributed by atoms with E-state index in [2.05, 4.69) is 5.32 Å². The van der Waals surface area contributed by atoms with Crippen LogP contribution in [0.1, 0.15) is 26.7 Å². The van der Waals surface area contributed by atoms with Gasteiger partial charge in [-0.3, -0.25) is 4.79 Å². The van der Waals surface area contributed by atoms with E-state index in [9.17, 15) is 60.3 Å². The molecule has 3 aliphatic heterocycles. The third kappa shape index (κ3) is 8.65. The number of aliphatic hydroxyl groups excluding tert-OH is 8. The van der Waals surface area contributed by atoms with Crippen LogP contribution in [-0.4, -0.2) is 187 Å². The summed E-state index contributed by atoms with van der Waals surface area (Å²) in [5, 5.41) is 105. The predicted molar refractivity (Wildman–Crippen MR) is 143 cm³/mol. The van der Waals surface area contributed by atoms with Gasteiger partial charge in [-0.1, -0.05) is 0 Å². The van der Waals surface area contributed by atoms with E-state index in [1.54, 1.807) is 0 Å². The number of hydrogen-bond acceptors (Lipinski definition) is 17. The van der Waals surface area contributed by atoms with Gasteiger partial charge in [-0.2, -0.15) is 0 Å². The molecule has 0 aromatic carbocycles. The van der Waals surface area contributed by atoms with Gasteiger partial charge in [0.2, 0.25) is 5.91 Å². The van der Waals surface area contributed by atoms with Gasteiger partial charge in [0, 0.05) is 20.0 Å². The summed E-state index contributed by atoms with van der Waals surface area (Å²) < 4.78 is 33.0. The smallest absolute Gasteiger partial charge is 0.364 e. The second-order valence-corrected chi connectivity index (χ2v) is 11.3. The van der Waals surface area contributed by atoms with Crippen molar-refractivity contribution in [2.75, 3.05) is 26.4 Å². The normalized spacial score (nSPS) is 40.4. The number of carboxylic acids is 2. The van der Waals surface area contributed by atoms with E-state index in [0.717, 1.165) is 6.92 Å². The standard InChI is InChI=1S/C26H43NO19/c1-9(23(37)38)42-8-15-18(34)13(3-4-41-15)43-24-20(36)22(19(35)14(7-29)44-24)46-26(25(39)40)5-11(31)16(27-10(2)30)21(45-26)17(33)12(32)6-28/h9,11-22,24,28-29,31-36H,3-8H2,1-2H3,(H,27,30)(H,37,38)(H,39,40)/t9-,11+,12-,13-,14-,15-,16-,17+,18-,19+,20-,21-,22+,24-,26+/m1/s1. The molecule has 0 aromatic heterocycles.